The quantitative estimate of drug-likeness (QED) is 0.892. The summed E-state index contributed by atoms with van der Waals surface area (Å²) < 4.78 is 13.2. The van der Waals surface area contributed by atoms with Crippen molar-refractivity contribution in [2.75, 3.05) is 6.54 Å². The van der Waals surface area contributed by atoms with Gasteiger partial charge < -0.3 is 10.4 Å². The molecule has 4 nitrogen and oxygen atoms in total. The predicted octanol–water partition coefficient (Wildman–Crippen LogP) is 2.96. The zero-order valence-corrected chi connectivity index (χ0v) is 13.1. The fourth-order valence-electron chi connectivity index (χ4n) is 2.31. The zero-order valence-electron chi connectivity index (χ0n) is 13.1. The molecule has 2 rings (SSSR count). The SMILES string of the molecule is CCC(O)(CC)CNC(=O)c1cc2ccc(F)cc2nc1C. The fraction of sp³-hybridized carbons (Fsp3) is 0.412. The predicted molar refractivity (Wildman–Crippen MR) is 84.3 cm³/mol. The molecule has 1 aromatic carbocycles. The number of pyridine rings is 1. The minimum Gasteiger partial charge on any atom is -0.388 e. The number of amides is 1. The van der Waals surface area contributed by atoms with Crippen molar-refractivity contribution < 1.29 is 14.3 Å². The Morgan fingerprint density at radius 1 is 1.32 bits per heavy atom. The molecule has 0 unspecified atom stereocenters. The minimum atomic E-state index is -0.892. The molecule has 0 fully saturated rings. The number of rotatable bonds is 5. The highest BCUT2D eigenvalue weighted by molar-refractivity contribution is 5.98. The molecule has 0 spiro atoms. The van der Waals surface area contributed by atoms with Gasteiger partial charge in [0.15, 0.2) is 0 Å². The van der Waals surface area contributed by atoms with Crippen LogP contribution in [0, 0.1) is 12.7 Å². The monoisotopic (exact) mass is 304 g/mol. The molecular weight excluding hydrogens is 283 g/mol. The van der Waals surface area contributed by atoms with Crippen LogP contribution in [0.5, 0.6) is 0 Å². The van der Waals surface area contributed by atoms with Crippen molar-refractivity contribution in [2.24, 2.45) is 0 Å². The lowest BCUT2D eigenvalue weighted by molar-refractivity contribution is 0.0314. The number of hydrogen-bond donors (Lipinski definition) is 2. The smallest absolute Gasteiger partial charge is 0.253 e. The number of aliphatic hydroxyl groups is 1. The van der Waals surface area contributed by atoms with Crippen LogP contribution in [-0.2, 0) is 0 Å². The van der Waals surface area contributed by atoms with Crippen molar-refractivity contribution in [1.82, 2.24) is 10.3 Å². The van der Waals surface area contributed by atoms with Crippen LogP contribution < -0.4 is 5.32 Å². The van der Waals surface area contributed by atoms with Crippen LogP contribution >= 0.6 is 0 Å². The maximum absolute atomic E-state index is 13.2. The van der Waals surface area contributed by atoms with Crippen LogP contribution in [0.25, 0.3) is 10.9 Å². The molecule has 0 saturated carbocycles. The summed E-state index contributed by atoms with van der Waals surface area (Å²) in [5.41, 5.74) is 0.602. The van der Waals surface area contributed by atoms with E-state index in [1.165, 1.54) is 12.1 Å². The topological polar surface area (TPSA) is 62.2 Å². The van der Waals surface area contributed by atoms with Gasteiger partial charge in [-0.1, -0.05) is 13.8 Å². The minimum absolute atomic E-state index is 0.194. The van der Waals surface area contributed by atoms with Crippen molar-refractivity contribution in [2.45, 2.75) is 39.2 Å². The van der Waals surface area contributed by atoms with Crippen molar-refractivity contribution >= 4 is 16.8 Å². The second-order valence-electron chi connectivity index (χ2n) is 5.57. The Bertz CT molecular complexity index is 696. The van der Waals surface area contributed by atoms with E-state index in [0.29, 0.717) is 35.0 Å². The molecule has 1 amide bonds. The standard InChI is InChI=1S/C17H21FN2O2/c1-4-17(22,5-2)10-19-16(21)14-8-12-6-7-13(18)9-15(12)20-11(14)3/h6-9,22H,4-5,10H2,1-3H3,(H,19,21). The van der Waals surface area contributed by atoms with Gasteiger partial charge in [-0.2, -0.15) is 0 Å². The molecule has 2 N–H and O–H groups in total. The first-order chi connectivity index (χ1) is 10.4. The molecule has 0 radical (unpaired) electrons. The number of aromatic nitrogens is 1. The van der Waals surface area contributed by atoms with E-state index in [4.69, 9.17) is 0 Å². The first-order valence-electron chi connectivity index (χ1n) is 7.46. The summed E-state index contributed by atoms with van der Waals surface area (Å²) in [5, 5.41) is 13.7. The van der Waals surface area contributed by atoms with E-state index in [0.717, 1.165) is 0 Å². The van der Waals surface area contributed by atoms with Gasteiger partial charge in [-0.3, -0.25) is 9.78 Å². The average molecular weight is 304 g/mol. The second-order valence-corrected chi connectivity index (χ2v) is 5.57. The summed E-state index contributed by atoms with van der Waals surface area (Å²) in [6.45, 7) is 5.67. The number of nitrogens with one attached hydrogen (secondary N) is 1. The summed E-state index contributed by atoms with van der Waals surface area (Å²) in [5.74, 6) is -0.635. The van der Waals surface area contributed by atoms with E-state index in [2.05, 4.69) is 10.3 Å². The van der Waals surface area contributed by atoms with Crippen molar-refractivity contribution in [3.63, 3.8) is 0 Å². The molecule has 5 heteroatoms. The van der Waals surface area contributed by atoms with Crippen molar-refractivity contribution in [3.8, 4) is 0 Å². The third-order valence-corrected chi connectivity index (χ3v) is 4.11. The number of carbonyl (C=O) groups is 1. The fourth-order valence-corrected chi connectivity index (χ4v) is 2.31. The third-order valence-electron chi connectivity index (χ3n) is 4.11. The number of aryl methyl sites for hydroxylation is 1. The number of fused-ring (bicyclic) bond motifs is 1. The molecule has 0 aliphatic heterocycles. The molecular formula is C17H21FN2O2. The van der Waals surface area contributed by atoms with Crippen molar-refractivity contribution in [3.05, 3.63) is 41.3 Å². The highest BCUT2D eigenvalue weighted by atomic mass is 19.1. The van der Waals surface area contributed by atoms with Gasteiger partial charge in [0.05, 0.1) is 22.4 Å². The van der Waals surface area contributed by atoms with Crippen LogP contribution in [0.3, 0.4) is 0 Å². The Kier molecular flexibility index (Phi) is 4.76. The Labute approximate surface area is 129 Å². The first-order valence-corrected chi connectivity index (χ1v) is 7.46. The maximum atomic E-state index is 13.2. The molecule has 22 heavy (non-hydrogen) atoms. The number of hydrogen-bond acceptors (Lipinski definition) is 3. The average Bonchev–Trinajstić information content (AvgIpc) is 2.51. The number of nitrogens with zero attached hydrogens (tertiary/aromatic N) is 1. The van der Waals surface area contributed by atoms with E-state index in [1.54, 1.807) is 19.1 Å². The summed E-state index contributed by atoms with van der Waals surface area (Å²) in [6, 6.07) is 5.98. The largest absolute Gasteiger partial charge is 0.388 e. The Morgan fingerprint density at radius 2 is 2.00 bits per heavy atom. The van der Waals surface area contributed by atoms with E-state index in [9.17, 15) is 14.3 Å². The molecule has 1 aromatic heterocycles. The number of benzene rings is 1. The van der Waals surface area contributed by atoms with Gasteiger partial charge in [0.1, 0.15) is 5.82 Å². The molecule has 118 valence electrons. The molecule has 2 aromatic rings. The molecule has 0 atom stereocenters. The van der Waals surface area contributed by atoms with Gasteiger partial charge in [0, 0.05) is 18.0 Å². The van der Waals surface area contributed by atoms with E-state index in [1.807, 2.05) is 13.8 Å². The normalized spacial score (nSPS) is 11.7. The third kappa shape index (κ3) is 3.42. The Morgan fingerprint density at radius 3 is 2.64 bits per heavy atom. The lowest BCUT2D eigenvalue weighted by Gasteiger charge is -2.25. The number of carbonyl (C=O) groups excluding carboxylic acids is 1. The maximum Gasteiger partial charge on any atom is 0.253 e. The Balaban J connectivity index is 2.24. The molecule has 1 heterocycles. The highest BCUT2D eigenvalue weighted by Crippen LogP contribution is 2.18. The molecule has 0 aliphatic carbocycles. The van der Waals surface area contributed by atoms with Crippen LogP contribution in [0.15, 0.2) is 24.3 Å². The lowest BCUT2D eigenvalue weighted by atomic mass is 9.97. The van der Waals surface area contributed by atoms with Gasteiger partial charge in [0.2, 0.25) is 0 Å². The van der Waals surface area contributed by atoms with Gasteiger partial charge in [-0.25, -0.2) is 4.39 Å². The number of halogens is 1. The van der Waals surface area contributed by atoms with Crippen molar-refractivity contribution in [1.29, 1.82) is 0 Å². The van der Waals surface area contributed by atoms with Gasteiger partial charge >= 0.3 is 0 Å². The summed E-state index contributed by atoms with van der Waals surface area (Å²) in [6.07, 6.45) is 1.13. The van der Waals surface area contributed by atoms with Crippen LogP contribution in [0.4, 0.5) is 4.39 Å². The molecule has 0 bridgehead atoms. The van der Waals surface area contributed by atoms with E-state index in [-0.39, 0.29) is 18.3 Å². The molecule has 0 aliphatic rings. The van der Waals surface area contributed by atoms with Crippen LogP contribution in [0.2, 0.25) is 0 Å². The Hall–Kier alpha value is -2.01. The van der Waals surface area contributed by atoms with Gasteiger partial charge in [-0.15, -0.1) is 0 Å². The highest BCUT2D eigenvalue weighted by Gasteiger charge is 2.23. The summed E-state index contributed by atoms with van der Waals surface area (Å²) in [4.78, 5) is 16.6. The second kappa shape index (κ2) is 6.40. The van der Waals surface area contributed by atoms with Crippen LogP contribution in [0.1, 0.15) is 42.7 Å². The van der Waals surface area contributed by atoms with Gasteiger partial charge in [-0.05, 0) is 38.0 Å². The van der Waals surface area contributed by atoms with E-state index >= 15 is 0 Å². The van der Waals surface area contributed by atoms with Gasteiger partial charge in [0.25, 0.3) is 5.91 Å². The first kappa shape index (κ1) is 16.4. The summed E-state index contributed by atoms with van der Waals surface area (Å²) in [7, 11) is 0. The van der Waals surface area contributed by atoms with Crippen LogP contribution in [-0.4, -0.2) is 28.1 Å². The lowest BCUT2D eigenvalue weighted by Crippen LogP contribution is -2.42. The zero-order chi connectivity index (χ0) is 16.3. The molecule has 0 saturated heterocycles. The van der Waals surface area contributed by atoms with E-state index < -0.39 is 5.60 Å². The summed E-state index contributed by atoms with van der Waals surface area (Å²) >= 11 is 0.